The Balaban J connectivity index is 2.01. The van der Waals surface area contributed by atoms with Gasteiger partial charge in [-0.25, -0.2) is 4.98 Å². The molecule has 1 aliphatic heterocycles. The van der Waals surface area contributed by atoms with Crippen molar-refractivity contribution in [3.05, 3.63) is 16.1 Å². The topological polar surface area (TPSA) is 28.2 Å². The maximum atomic E-state index is 4.85. The predicted molar refractivity (Wildman–Crippen MR) is 87.3 cm³/mol. The second-order valence-corrected chi connectivity index (χ2v) is 8.28. The van der Waals surface area contributed by atoms with E-state index in [0.717, 1.165) is 32.1 Å². The van der Waals surface area contributed by atoms with E-state index in [9.17, 15) is 0 Å². The number of nitrogens with zero attached hydrogens (tertiary/aromatic N) is 2. The molecule has 3 nitrogen and oxygen atoms in total. The van der Waals surface area contributed by atoms with Crippen LogP contribution in [0.3, 0.4) is 0 Å². The number of hydrogen-bond donors (Lipinski definition) is 1. The molecule has 1 N–H and O–H groups in total. The van der Waals surface area contributed by atoms with Crippen molar-refractivity contribution < 1.29 is 0 Å². The molecule has 1 aliphatic rings. The number of hydrogen-bond acceptors (Lipinski definition) is 4. The molecule has 1 atom stereocenters. The van der Waals surface area contributed by atoms with E-state index in [1.54, 1.807) is 0 Å². The van der Waals surface area contributed by atoms with Gasteiger partial charge in [0.05, 0.1) is 12.2 Å². The van der Waals surface area contributed by atoms with Crippen LogP contribution in [0, 0.1) is 5.92 Å². The number of aromatic nitrogens is 1. The number of rotatable bonds is 4. The Kier molecular flexibility index (Phi) is 5.21. The first-order valence-electron chi connectivity index (χ1n) is 7.76. The molecule has 0 aliphatic carbocycles. The quantitative estimate of drug-likeness (QED) is 0.924. The summed E-state index contributed by atoms with van der Waals surface area (Å²) in [7, 11) is 0. The Hall–Kier alpha value is -0.450. The van der Waals surface area contributed by atoms with E-state index in [2.05, 4.69) is 50.2 Å². The predicted octanol–water partition coefficient (Wildman–Crippen LogP) is 3.26. The van der Waals surface area contributed by atoms with Crippen molar-refractivity contribution in [1.29, 1.82) is 0 Å². The van der Waals surface area contributed by atoms with E-state index in [1.165, 1.54) is 17.1 Å². The Morgan fingerprint density at radius 3 is 2.80 bits per heavy atom. The van der Waals surface area contributed by atoms with Gasteiger partial charge >= 0.3 is 0 Å². The summed E-state index contributed by atoms with van der Waals surface area (Å²) in [6.45, 7) is 15.7. The van der Waals surface area contributed by atoms with Crippen LogP contribution < -0.4 is 5.32 Å². The fourth-order valence-electron chi connectivity index (χ4n) is 2.69. The highest BCUT2D eigenvalue weighted by molar-refractivity contribution is 7.09. The van der Waals surface area contributed by atoms with Crippen LogP contribution in [0.25, 0.3) is 0 Å². The Labute approximate surface area is 127 Å². The smallest absolute Gasteiger partial charge is 0.107 e. The van der Waals surface area contributed by atoms with Crippen LogP contribution >= 0.6 is 11.3 Å². The van der Waals surface area contributed by atoms with Crippen molar-refractivity contribution in [1.82, 2.24) is 15.2 Å². The molecule has 0 aromatic carbocycles. The minimum Gasteiger partial charge on any atom is -0.314 e. The van der Waals surface area contributed by atoms with E-state index >= 15 is 0 Å². The van der Waals surface area contributed by atoms with Gasteiger partial charge < -0.3 is 5.32 Å². The van der Waals surface area contributed by atoms with E-state index in [0.29, 0.717) is 6.04 Å². The second kappa shape index (κ2) is 6.54. The molecule has 1 aromatic rings. The van der Waals surface area contributed by atoms with Gasteiger partial charge in [0.15, 0.2) is 0 Å². The molecule has 0 spiro atoms. The molecule has 20 heavy (non-hydrogen) atoms. The zero-order valence-corrected chi connectivity index (χ0v) is 14.4. The van der Waals surface area contributed by atoms with Crippen molar-refractivity contribution in [2.45, 2.75) is 59.0 Å². The summed E-state index contributed by atoms with van der Waals surface area (Å²) in [5.74, 6) is 0.754. The molecule has 4 heteroatoms. The van der Waals surface area contributed by atoms with Gasteiger partial charge in [-0.15, -0.1) is 11.3 Å². The van der Waals surface area contributed by atoms with Crippen LogP contribution in [0.4, 0.5) is 0 Å². The highest BCUT2D eigenvalue weighted by atomic mass is 32.1. The van der Waals surface area contributed by atoms with Gasteiger partial charge in [-0.3, -0.25) is 4.90 Å². The molecule has 0 radical (unpaired) electrons. The first-order chi connectivity index (χ1) is 9.36. The normalized spacial score (nSPS) is 21.6. The van der Waals surface area contributed by atoms with Crippen LogP contribution in [0.1, 0.15) is 51.7 Å². The first-order valence-corrected chi connectivity index (χ1v) is 8.64. The van der Waals surface area contributed by atoms with Gasteiger partial charge in [0.2, 0.25) is 0 Å². The number of piperazine rings is 1. The Bertz CT molecular complexity index is 420. The Morgan fingerprint density at radius 1 is 1.45 bits per heavy atom. The van der Waals surface area contributed by atoms with Crippen molar-refractivity contribution >= 4 is 11.3 Å². The van der Waals surface area contributed by atoms with E-state index < -0.39 is 0 Å². The molecule has 1 unspecified atom stereocenters. The van der Waals surface area contributed by atoms with Crippen molar-refractivity contribution in [3.63, 3.8) is 0 Å². The molecule has 2 rings (SSSR count). The average Bonchev–Trinajstić information content (AvgIpc) is 2.79. The molecule has 1 fully saturated rings. The molecular weight excluding hydrogens is 266 g/mol. The van der Waals surface area contributed by atoms with E-state index in [1.807, 2.05) is 11.3 Å². The third-order valence-corrected chi connectivity index (χ3v) is 4.71. The monoisotopic (exact) mass is 295 g/mol. The van der Waals surface area contributed by atoms with Gasteiger partial charge in [-0.2, -0.15) is 0 Å². The lowest BCUT2D eigenvalue weighted by atomic mass is 9.93. The molecule has 0 bridgehead atoms. The summed E-state index contributed by atoms with van der Waals surface area (Å²) in [6, 6.07) is 0.658. The summed E-state index contributed by atoms with van der Waals surface area (Å²) in [5, 5.41) is 7.03. The average molecular weight is 295 g/mol. The summed E-state index contributed by atoms with van der Waals surface area (Å²) in [5.41, 5.74) is 1.39. The summed E-state index contributed by atoms with van der Waals surface area (Å²) in [6.07, 6.45) is 1.27. The van der Waals surface area contributed by atoms with Crippen molar-refractivity contribution in [3.8, 4) is 0 Å². The molecule has 1 saturated heterocycles. The zero-order valence-electron chi connectivity index (χ0n) is 13.6. The van der Waals surface area contributed by atoms with Gasteiger partial charge in [0.1, 0.15) is 5.01 Å². The van der Waals surface area contributed by atoms with Crippen LogP contribution in [-0.2, 0) is 12.0 Å². The lowest BCUT2D eigenvalue weighted by molar-refractivity contribution is 0.134. The van der Waals surface area contributed by atoms with Crippen LogP contribution in [-0.4, -0.2) is 35.6 Å². The number of thiazole rings is 1. The Morgan fingerprint density at radius 2 is 2.20 bits per heavy atom. The van der Waals surface area contributed by atoms with Crippen LogP contribution in [0.2, 0.25) is 0 Å². The lowest BCUT2D eigenvalue weighted by Crippen LogP contribution is -2.51. The highest BCUT2D eigenvalue weighted by Gasteiger charge is 2.24. The van der Waals surface area contributed by atoms with E-state index in [4.69, 9.17) is 4.98 Å². The van der Waals surface area contributed by atoms with Gasteiger partial charge in [-0.1, -0.05) is 34.6 Å². The SMILES string of the molecule is CC(C)CC1CNCCN1Cc1nc(C(C)(C)C)cs1. The summed E-state index contributed by atoms with van der Waals surface area (Å²) in [4.78, 5) is 7.46. The highest BCUT2D eigenvalue weighted by Crippen LogP contribution is 2.25. The molecule has 114 valence electrons. The minimum atomic E-state index is 0.162. The second-order valence-electron chi connectivity index (χ2n) is 7.33. The lowest BCUT2D eigenvalue weighted by Gasteiger charge is -2.36. The van der Waals surface area contributed by atoms with Crippen LogP contribution in [0.15, 0.2) is 5.38 Å². The van der Waals surface area contributed by atoms with Crippen molar-refractivity contribution in [2.75, 3.05) is 19.6 Å². The minimum absolute atomic E-state index is 0.162. The third-order valence-electron chi connectivity index (χ3n) is 3.87. The maximum Gasteiger partial charge on any atom is 0.107 e. The standard InChI is InChI=1S/C16H29N3S/c1-12(2)8-13-9-17-6-7-19(13)10-15-18-14(11-20-15)16(3,4)5/h11-13,17H,6-10H2,1-5H3. The molecule has 2 heterocycles. The van der Waals surface area contributed by atoms with Gasteiger partial charge in [0.25, 0.3) is 0 Å². The van der Waals surface area contributed by atoms with Gasteiger partial charge in [0, 0.05) is 36.5 Å². The molecule has 0 saturated carbocycles. The molecular formula is C16H29N3S. The summed E-state index contributed by atoms with van der Waals surface area (Å²) >= 11 is 1.82. The molecule has 0 amide bonds. The summed E-state index contributed by atoms with van der Waals surface area (Å²) < 4.78 is 0. The largest absolute Gasteiger partial charge is 0.314 e. The van der Waals surface area contributed by atoms with Gasteiger partial charge in [-0.05, 0) is 12.3 Å². The third kappa shape index (κ3) is 4.27. The fraction of sp³-hybridized carbons (Fsp3) is 0.812. The first kappa shape index (κ1) is 15.9. The van der Waals surface area contributed by atoms with E-state index in [-0.39, 0.29) is 5.41 Å². The fourth-order valence-corrected chi connectivity index (χ4v) is 3.73. The number of nitrogens with one attached hydrogen (secondary N) is 1. The maximum absolute atomic E-state index is 4.85. The van der Waals surface area contributed by atoms with Crippen LogP contribution in [0.5, 0.6) is 0 Å². The zero-order chi connectivity index (χ0) is 14.8. The molecule has 1 aromatic heterocycles. The van der Waals surface area contributed by atoms with Crippen molar-refractivity contribution in [2.24, 2.45) is 5.92 Å².